The van der Waals surface area contributed by atoms with Gasteiger partial charge in [-0.25, -0.2) is 9.59 Å². The van der Waals surface area contributed by atoms with Gasteiger partial charge in [-0.2, -0.15) is 0 Å². The van der Waals surface area contributed by atoms with Gasteiger partial charge >= 0.3 is 11.9 Å². The molecule has 0 bridgehead atoms. The lowest BCUT2D eigenvalue weighted by atomic mass is 10.4. The van der Waals surface area contributed by atoms with Crippen molar-refractivity contribution in [1.82, 2.24) is 0 Å². The monoisotopic (exact) mass is 211 g/mol. The van der Waals surface area contributed by atoms with Crippen LogP contribution in [-0.2, 0) is 19.1 Å². The minimum Gasteiger partial charge on any atom is -0.458 e. The first-order chi connectivity index (χ1) is 7.11. The van der Waals surface area contributed by atoms with Gasteiger partial charge in [0.05, 0.1) is 6.08 Å². The lowest BCUT2D eigenvalue weighted by Gasteiger charge is -2.01. The van der Waals surface area contributed by atoms with Gasteiger partial charge in [0.15, 0.2) is 0 Å². The van der Waals surface area contributed by atoms with E-state index < -0.39 is 11.9 Å². The third-order valence-corrected chi connectivity index (χ3v) is 1.18. The highest BCUT2D eigenvalue weighted by Crippen LogP contribution is 1.92. The maximum Gasteiger partial charge on any atom is 0.354 e. The van der Waals surface area contributed by atoms with Gasteiger partial charge in [-0.3, -0.25) is 0 Å². The van der Waals surface area contributed by atoms with Crippen molar-refractivity contribution in [2.24, 2.45) is 5.73 Å². The Hall–Kier alpha value is -2.04. The van der Waals surface area contributed by atoms with Gasteiger partial charge in [0.25, 0.3) is 0 Å². The number of nitrogens with two attached hydrogens (primary N) is 1. The summed E-state index contributed by atoms with van der Waals surface area (Å²) in [6.07, 6.45) is 3.65. The van der Waals surface area contributed by atoms with Crippen LogP contribution in [0.25, 0.3) is 0 Å². The van der Waals surface area contributed by atoms with E-state index in [1.54, 1.807) is 0 Å². The molecule has 0 aromatic rings. The van der Waals surface area contributed by atoms with E-state index in [1.165, 1.54) is 12.2 Å². The number of carbonyl (C=O) groups excluding carboxylic acids is 2. The van der Waals surface area contributed by atoms with E-state index in [0.717, 1.165) is 6.08 Å². The molecule has 15 heavy (non-hydrogen) atoms. The van der Waals surface area contributed by atoms with Crippen LogP contribution in [0.2, 0.25) is 0 Å². The third-order valence-electron chi connectivity index (χ3n) is 1.18. The van der Waals surface area contributed by atoms with Crippen LogP contribution >= 0.6 is 0 Å². The van der Waals surface area contributed by atoms with E-state index in [1.807, 2.05) is 0 Å². The van der Waals surface area contributed by atoms with Crippen LogP contribution in [0, 0.1) is 0 Å². The van der Waals surface area contributed by atoms with Crippen LogP contribution in [0.1, 0.15) is 0 Å². The Labute approximate surface area is 87.8 Å². The fourth-order valence-electron chi connectivity index (χ4n) is 0.587. The molecule has 0 aliphatic carbocycles. The van der Waals surface area contributed by atoms with Crippen molar-refractivity contribution in [3.05, 3.63) is 37.1 Å². The Morgan fingerprint density at radius 3 is 2.20 bits per heavy atom. The van der Waals surface area contributed by atoms with Crippen molar-refractivity contribution < 1.29 is 19.1 Å². The Balaban J connectivity index is 4.15. The van der Waals surface area contributed by atoms with Crippen LogP contribution in [0.15, 0.2) is 37.1 Å². The Kier molecular flexibility index (Phi) is 6.37. The van der Waals surface area contributed by atoms with Gasteiger partial charge in [-0.1, -0.05) is 25.3 Å². The second-order valence-corrected chi connectivity index (χ2v) is 2.41. The van der Waals surface area contributed by atoms with E-state index in [9.17, 15) is 9.59 Å². The molecule has 0 aliphatic heterocycles. The number of ether oxygens (including phenoxy) is 2. The van der Waals surface area contributed by atoms with Gasteiger partial charge in [0.2, 0.25) is 0 Å². The van der Waals surface area contributed by atoms with Crippen LogP contribution in [0.3, 0.4) is 0 Å². The molecule has 0 saturated carbocycles. The first-order valence-electron chi connectivity index (χ1n) is 4.14. The first-order valence-corrected chi connectivity index (χ1v) is 4.14. The van der Waals surface area contributed by atoms with Gasteiger partial charge in [0.1, 0.15) is 18.9 Å². The summed E-state index contributed by atoms with van der Waals surface area (Å²) in [7, 11) is 0. The van der Waals surface area contributed by atoms with Gasteiger partial charge in [0, 0.05) is 0 Å². The maximum atomic E-state index is 11.0. The van der Waals surface area contributed by atoms with E-state index in [4.69, 9.17) is 5.73 Å². The molecule has 5 nitrogen and oxygen atoms in total. The van der Waals surface area contributed by atoms with Crippen molar-refractivity contribution in [3.8, 4) is 0 Å². The van der Waals surface area contributed by atoms with Crippen molar-refractivity contribution >= 4 is 11.9 Å². The fraction of sp³-hybridized carbons (Fsp3) is 0.200. The van der Waals surface area contributed by atoms with Gasteiger partial charge < -0.3 is 15.2 Å². The molecule has 0 aromatic carbocycles. The molecule has 2 N–H and O–H groups in total. The van der Waals surface area contributed by atoms with Gasteiger partial charge in [-0.05, 0) is 0 Å². The molecule has 5 heteroatoms. The molecule has 0 spiro atoms. The summed E-state index contributed by atoms with van der Waals surface area (Å²) >= 11 is 0. The summed E-state index contributed by atoms with van der Waals surface area (Å²) in [5.41, 5.74) is 4.94. The Morgan fingerprint density at radius 1 is 1.13 bits per heavy atom. The number of hydrogen-bond acceptors (Lipinski definition) is 5. The normalized spacial score (nSPS) is 10.3. The first kappa shape index (κ1) is 13.0. The molecule has 0 rings (SSSR count). The third kappa shape index (κ3) is 6.09. The highest BCUT2D eigenvalue weighted by molar-refractivity contribution is 5.95. The molecular weight excluding hydrogens is 198 g/mol. The summed E-state index contributed by atoms with van der Waals surface area (Å²) in [5.74, 6) is -1.51. The molecule has 0 heterocycles. The highest BCUT2D eigenvalue weighted by atomic mass is 16.5. The zero-order chi connectivity index (χ0) is 11.7. The topological polar surface area (TPSA) is 78.6 Å². The molecule has 82 valence electrons. The highest BCUT2D eigenvalue weighted by Gasteiger charge is 2.08. The lowest BCUT2D eigenvalue weighted by molar-refractivity contribution is -0.140. The fourth-order valence-corrected chi connectivity index (χ4v) is 0.587. The average molecular weight is 211 g/mol. The number of esters is 2. The molecule has 0 saturated heterocycles. The minimum atomic E-state index is -0.787. The standard InChI is InChI=1S/C10H13NO4/c1-3-5-14-9(12)7-8(11)10(13)15-6-4-2/h3-4,7H,1-2,5-6,11H2/b8-7+. The zero-order valence-electron chi connectivity index (χ0n) is 8.27. The predicted molar refractivity (Wildman–Crippen MR) is 54.6 cm³/mol. The summed E-state index contributed by atoms with van der Waals surface area (Å²) < 4.78 is 9.16. The quantitative estimate of drug-likeness (QED) is 0.388. The van der Waals surface area contributed by atoms with E-state index >= 15 is 0 Å². The van der Waals surface area contributed by atoms with E-state index in [0.29, 0.717) is 0 Å². The summed E-state index contributed by atoms with van der Waals surface area (Å²) in [6.45, 7) is 6.81. The SMILES string of the molecule is C=CCOC(=O)/C=C(/N)C(=O)OCC=C. The van der Waals surface area contributed by atoms with Gasteiger partial charge in [-0.15, -0.1) is 0 Å². The average Bonchev–Trinajstić information content (AvgIpc) is 2.22. The largest absolute Gasteiger partial charge is 0.458 e. The smallest absolute Gasteiger partial charge is 0.354 e. The second-order valence-electron chi connectivity index (χ2n) is 2.41. The Morgan fingerprint density at radius 2 is 1.67 bits per heavy atom. The molecular formula is C10H13NO4. The molecule has 0 radical (unpaired) electrons. The molecule has 0 fully saturated rings. The Bertz CT molecular complexity index is 294. The van der Waals surface area contributed by atoms with E-state index in [2.05, 4.69) is 22.6 Å². The number of hydrogen-bond donors (Lipinski definition) is 1. The minimum absolute atomic E-state index is 0.0368. The molecule has 0 unspecified atom stereocenters. The van der Waals surface area contributed by atoms with E-state index in [-0.39, 0.29) is 18.9 Å². The summed E-state index contributed by atoms with van der Waals surface area (Å²) in [6, 6.07) is 0. The lowest BCUT2D eigenvalue weighted by Crippen LogP contribution is -2.17. The van der Waals surface area contributed by atoms with Crippen LogP contribution < -0.4 is 5.73 Å². The van der Waals surface area contributed by atoms with Crippen molar-refractivity contribution in [2.75, 3.05) is 13.2 Å². The van der Waals surface area contributed by atoms with Crippen LogP contribution in [0.4, 0.5) is 0 Å². The molecule has 0 atom stereocenters. The predicted octanol–water partition coefficient (Wildman–Crippen LogP) is 0.287. The molecule has 0 amide bonds. The molecule has 0 aromatic heterocycles. The molecule has 0 aliphatic rings. The van der Waals surface area contributed by atoms with Crippen molar-refractivity contribution in [3.63, 3.8) is 0 Å². The second kappa shape index (κ2) is 7.37. The number of rotatable bonds is 6. The van der Waals surface area contributed by atoms with Crippen molar-refractivity contribution in [2.45, 2.75) is 0 Å². The zero-order valence-corrected chi connectivity index (χ0v) is 8.27. The summed E-state index contributed by atoms with van der Waals surface area (Å²) in [4.78, 5) is 22.0. The number of carbonyl (C=O) groups is 2. The van der Waals surface area contributed by atoms with Crippen molar-refractivity contribution in [1.29, 1.82) is 0 Å². The van der Waals surface area contributed by atoms with Crippen LogP contribution in [0.5, 0.6) is 0 Å². The van der Waals surface area contributed by atoms with Crippen LogP contribution in [-0.4, -0.2) is 25.2 Å². The maximum absolute atomic E-state index is 11.0. The summed E-state index contributed by atoms with van der Waals surface area (Å²) in [5, 5.41) is 0.